The summed E-state index contributed by atoms with van der Waals surface area (Å²) in [5.41, 5.74) is 2.54. The number of benzene rings is 2. The number of nitrogens with zero attached hydrogens (tertiary/aromatic N) is 2. The molecule has 7 nitrogen and oxygen atoms in total. The van der Waals surface area contributed by atoms with Crippen molar-refractivity contribution in [2.75, 3.05) is 11.9 Å². The van der Waals surface area contributed by atoms with Crippen LogP contribution < -0.4 is 5.32 Å². The van der Waals surface area contributed by atoms with Gasteiger partial charge in [-0.05, 0) is 61.5 Å². The Morgan fingerprint density at radius 1 is 1.12 bits per heavy atom. The fourth-order valence-corrected chi connectivity index (χ4v) is 3.20. The number of aryl methyl sites for hydroxylation is 1. The van der Waals surface area contributed by atoms with E-state index in [2.05, 4.69) is 10.4 Å². The first kappa shape index (κ1) is 23.9. The number of esters is 1. The van der Waals surface area contributed by atoms with E-state index in [4.69, 9.17) is 16.3 Å². The second kappa shape index (κ2) is 10.7. The van der Waals surface area contributed by atoms with Gasteiger partial charge in [-0.3, -0.25) is 9.59 Å². The maximum Gasteiger partial charge on any atom is 0.331 e. The SMILES string of the molecule is CCC(=O)Nc1ccc(C(=O)COC(=O)/C=C/c2c(C)nn(-c3ccc(F)cc3)c2Cl)cc1. The lowest BCUT2D eigenvalue weighted by atomic mass is 10.1. The molecule has 9 heteroatoms. The highest BCUT2D eigenvalue weighted by atomic mass is 35.5. The molecule has 0 spiro atoms. The van der Waals surface area contributed by atoms with Gasteiger partial charge >= 0.3 is 5.97 Å². The van der Waals surface area contributed by atoms with Crippen LogP contribution in [0.25, 0.3) is 11.8 Å². The van der Waals surface area contributed by atoms with Gasteiger partial charge in [0.25, 0.3) is 0 Å². The summed E-state index contributed by atoms with van der Waals surface area (Å²) in [6.07, 6.45) is 2.95. The third-order valence-electron chi connectivity index (χ3n) is 4.66. The molecule has 0 fully saturated rings. The van der Waals surface area contributed by atoms with E-state index in [0.29, 0.717) is 34.6 Å². The molecule has 0 saturated heterocycles. The van der Waals surface area contributed by atoms with Crippen molar-refractivity contribution in [2.45, 2.75) is 20.3 Å². The van der Waals surface area contributed by atoms with Crippen molar-refractivity contribution in [1.82, 2.24) is 9.78 Å². The van der Waals surface area contributed by atoms with Crippen LogP contribution in [0.1, 0.15) is 35.0 Å². The number of Topliss-reactive ketones (excluding diaryl/α,β-unsaturated/α-hetero) is 1. The van der Waals surface area contributed by atoms with Gasteiger partial charge in [0.2, 0.25) is 5.91 Å². The molecule has 0 saturated carbocycles. The van der Waals surface area contributed by atoms with Crippen molar-refractivity contribution in [3.8, 4) is 5.69 Å². The molecule has 33 heavy (non-hydrogen) atoms. The van der Waals surface area contributed by atoms with Crippen molar-refractivity contribution in [3.63, 3.8) is 0 Å². The predicted octanol–water partition coefficient (Wildman–Crippen LogP) is 4.76. The van der Waals surface area contributed by atoms with Gasteiger partial charge in [0.15, 0.2) is 12.4 Å². The summed E-state index contributed by atoms with van der Waals surface area (Å²) in [5.74, 6) is -1.62. The van der Waals surface area contributed by atoms with Gasteiger partial charge < -0.3 is 10.1 Å². The second-order valence-electron chi connectivity index (χ2n) is 7.02. The van der Waals surface area contributed by atoms with Crippen LogP contribution in [0.2, 0.25) is 5.15 Å². The number of carbonyl (C=O) groups is 3. The van der Waals surface area contributed by atoms with Crippen LogP contribution in [0.15, 0.2) is 54.6 Å². The van der Waals surface area contributed by atoms with Crippen LogP contribution in [0.3, 0.4) is 0 Å². The number of ether oxygens (including phenoxy) is 1. The Labute approximate surface area is 194 Å². The molecule has 0 bridgehead atoms. The summed E-state index contributed by atoms with van der Waals surface area (Å²) in [4.78, 5) is 35.7. The molecular weight excluding hydrogens is 449 g/mol. The van der Waals surface area contributed by atoms with E-state index in [1.165, 1.54) is 35.0 Å². The highest BCUT2D eigenvalue weighted by Gasteiger charge is 2.14. The monoisotopic (exact) mass is 469 g/mol. The van der Waals surface area contributed by atoms with Crippen LogP contribution in [0.5, 0.6) is 0 Å². The Morgan fingerprint density at radius 3 is 2.42 bits per heavy atom. The van der Waals surface area contributed by atoms with Crippen molar-refractivity contribution in [1.29, 1.82) is 0 Å². The first-order valence-corrected chi connectivity index (χ1v) is 10.4. The average molecular weight is 470 g/mol. The molecule has 1 heterocycles. The number of halogens is 2. The van der Waals surface area contributed by atoms with Crippen LogP contribution in [-0.2, 0) is 14.3 Å². The quantitative estimate of drug-likeness (QED) is 0.292. The molecule has 1 amide bonds. The van der Waals surface area contributed by atoms with Gasteiger partial charge in [0, 0.05) is 29.3 Å². The number of nitrogens with one attached hydrogen (secondary N) is 1. The summed E-state index contributed by atoms with van der Waals surface area (Å²) in [7, 11) is 0. The van der Waals surface area contributed by atoms with E-state index < -0.39 is 12.6 Å². The van der Waals surface area contributed by atoms with E-state index in [-0.39, 0.29) is 22.7 Å². The maximum atomic E-state index is 13.1. The van der Waals surface area contributed by atoms with Crippen LogP contribution in [0.4, 0.5) is 10.1 Å². The highest BCUT2D eigenvalue weighted by Crippen LogP contribution is 2.25. The summed E-state index contributed by atoms with van der Waals surface area (Å²) < 4.78 is 19.6. The minimum Gasteiger partial charge on any atom is -0.454 e. The topological polar surface area (TPSA) is 90.3 Å². The molecule has 0 unspecified atom stereocenters. The minimum atomic E-state index is -0.722. The van der Waals surface area contributed by atoms with Crippen molar-refractivity contribution >= 4 is 41.0 Å². The standard InChI is InChI=1S/C24H21ClFN3O4/c1-3-22(31)27-18-8-4-16(5-9-18)21(30)14-33-23(32)13-12-20-15(2)28-29(24(20)25)19-10-6-17(26)7-11-19/h4-13H,3,14H2,1-2H3,(H,27,31)/b13-12+. The molecule has 170 valence electrons. The first-order chi connectivity index (χ1) is 15.8. The Morgan fingerprint density at radius 2 is 1.79 bits per heavy atom. The van der Waals surface area contributed by atoms with Crippen molar-refractivity contribution in [3.05, 3.63) is 82.4 Å². The number of anilines is 1. The van der Waals surface area contributed by atoms with Gasteiger partial charge in [0.05, 0.1) is 11.4 Å². The number of carbonyl (C=O) groups excluding carboxylic acids is 3. The maximum absolute atomic E-state index is 13.1. The molecule has 0 radical (unpaired) electrons. The molecule has 3 rings (SSSR count). The molecule has 1 N–H and O–H groups in total. The van der Waals surface area contributed by atoms with Gasteiger partial charge in [-0.2, -0.15) is 5.10 Å². The number of ketones is 1. The first-order valence-electron chi connectivity index (χ1n) is 10.1. The summed E-state index contributed by atoms with van der Waals surface area (Å²) in [6.45, 7) is 3.02. The molecule has 0 atom stereocenters. The summed E-state index contributed by atoms with van der Waals surface area (Å²) in [6, 6.07) is 12.0. The lowest BCUT2D eigenvalue weighted by Crippen LogP contribution is -2.13. The van der Waals surface area contributed by atoms with Crippen molar-refractivity contribution < 1.29 is 23.5 Å². The Kier molecular flexibility index (Phi) is 7.74. The van der Waals surface area contributed by atoms with Crippen LogP contribution in [0, 0.1) is 12.7 Å². The van der Waals surface area contributed by atoms with Gasteiger partial charge in [0.1, 0.15) is 11.0 Å². The minimum absolute atomic E-state index is 0.131. The zero-order chi connectivity index (χ0) is 24.0. The van der Waals surface area contributed by atoms with E-state index in [1.807, 2.05) is 0 Å². The third kappa shape index (κ3) is 6.14. The smallest absolute Gasteiger partial charge is 0.331 e. The number of amides is 1. The van der Waals surface area contributed by atoms with Crippen LogP contribution >= 0.6 is 11.6 Å². The van der Waals surface area contributed by atoms with Crippen molar-refractivity contribution in [2.24, 2.45) is 0 Å². The zero-order valence-electron chi connectivity index (χ0n) is 18.0. The highest BCUT2D eigenvalue weighted by molar-refractivity contribution is 6.31. The fourth-order valence-electron chi connectivity index (χ4n) is 2.86. The van der Waals surface area contributed by atoms with Crippen LogP contribution in [-0.4, -0.2) is 34.0 Å². The number of hydrogen-bond acceptors (Lipinski definition) is 5. The summed E-state index contributed by atoms with van der Waals surface area (Å²) >= 11 is 6.37. The van der Waals surface area contributed by atoms with Gasteiger partial charge in [-0.25, -0.2) is 13.9 Å². The lowest BCUT2D eigenvalue weighted by Gasteiger charge is -2.05. The average Bonchev–Trinajstić information content (AvgIpc) is 3.10. The van der Waals surface area contributed by atoms with E-state index in [9.17, 15) is 18.8 Å². The lowest BCUT2D eigenvalue weighted by molar-refractivity contribution is -0.136. The fraction of sp³-hybridized carbons (Fsp3) is 0.167. The molecule has 2 aromatic carbocycles. The molecule has 1 aromatic heterocycles. The second-order valence-corrected chi connectivity index (χ2v) is 7.38. The molecule has 0 aliphatic carbocycles. The number of rotatable bonds is 8. The van der Waals surface area contributed by atoms with E-state index in [1.54, 1.807) is 38.1 Å². The number of hydrogen-bond donors (Lipinski definition) is 1. The predicted molar refractivity (Wildman–Crippen MR) is 123 cm³/mol. The molecular formula is C24H21ClFN3O4. The molecule has 3 aromatic rings. The Balaban J connectivity index is 1.60. The zero-order valence-corrected chi connectivity index (χ0v) is 18.7. The number of aromatic nitrogens is 2. The normalized spacial score (nSPS) is 10.9. The van der Waals surface area contributed by atoms with E-state index in [0.717, 1.165) is 6.08 Å². The largest absolute Gasteiger partial charge is 0.454 e. The van der Waals surface area contributed by atoms with E-state index >= 15 is 0 Å². The molecule has 0 aliphatic rings. The van der Waals surface area contributed by atoms with Gasteiger partial charge in [-0.1, -0.05) is 18.5 Å². The summed E-state index contributed by atoms with van der Waals surface area (Å²) in [5, 5.41) is 7.24. The third-order valence-corrected chi connectivity index (χ3v) is 5.03. The molecule has 0 aliphatic heterocycles. The Hall–Kier alpha value is -3.78. The van der Waals surface area contributed by atoms with Gasteiger partial charge in [-0.15, -0.1) is 0 Å². The Bertz CT molecular complexity index is 1200.